The first kappa shape index (κ1) is 22.3. The largest absolute Gasteiger partial charge is 0.508 e. The zero-order valence-electron chi connectivity index (χ0n) is 18.4. The Kier molecular flexibility index (Phi) is 7.98. The van der Waals surface area contributed by atoms with Gasteiger partial charge in [-0.15, -0.1) is 0 Å². The normalized spacial score (nSPS) is 17.9. The van der Waals surface area contributed by atoms with E-state index in [1.165, 1.54) is 42.9 Å². The molecule has 1 aliphatic carbocycles. The fourth-order valence-corrected chi connectivity index (χ4v) is 4.32. The number of benzene rings is 1. The van der Waals surface area contributed by atoms with Crippen molar-refractivity contribution in [1.29, 1.82) is 0 Å². The zero-order chi connectivity index (χ0) is 20.7. The van der Waals surface area contributed by atoms with E-state index in [1.807, 2.05) is 0 Å². The number of phenolic OH excluding ortho intramolecular Hbond substituents is 2. The van der Waals surface area contributed by atoms with Gasteiger partial charge in [0.25, 0.3) is 0 Å². The van der Waals surface area contributed by atoms with Crippen LogP contribution >= 0.6 is 0 Å². The Morgan fingerprint density at radius 2 is 1.79 bits per heavy atom. The molecule has 0 fully saturated rings. The summed E-state index contributed by atoms with van der Waals surface area (Å²) in [5.74, 6) is 0.441. The smallest absolute Gasteiger partial charge is 0.119 e. The maximum Gasteiger partial charge on any atom is 0.119 e. The van der Waals surface area contributed by atoms with Gasteiger partial charge in [-0.3, -0.25) is 0 Å². The van der Waals surface area contributed by atoms with Crippen LogP contribution in [0.4, 0.5) is 0 Å². The highest BCUT2D eigenvalue weighted by atomic mass is 16.3. The van der Waals surface area contributed by atoms with E-state index in [2.05, 4.69) is 46.8 Å². The summed E-state index contributed by atoms with van der Waals surface area (Å²) in [6.07, 6.45) is 13.6. The Hall–Kier alpha value is -1.96. The van der Waals surface area contributed by atoms with Crippen molar-refractivity contribution in [2.24, 2.45) is 5.41 Å². The van der Waals surface area contributed by atoms with Gasteiger partial charge in [0.15, 0.2) is 0 Å². The van der Waals surface area contributed by atoms with Crippen molar-refractivity contribution >= 4 is 0 Å². The van der Waals surface area contributed by atoms with E-state index in [0.717, 1.165) is 24.8 Å². The molecule has 0 spiro atoms. The van der Waals surface area contributed by atoms with Crippen LogP contribution in [0.2, 0.25) is 0 Å². The summed E-state index contributed by atoms with van der Waals surface area (Å²) in [5, 5.41) is 19.4. The SMILES string of the molecule is CC1=C(CC/C(C)=C\CC/C(C)=C/Cc2cc(O)ccc2O)C(C)(C)CCC1. The van der Waals surface area contributed by atoms with Gasteiger partial charge in [0.1, 0.15) is 11.5 Å². The van der Waals surface area contributed by atoms with E-state index in [9.17, 15) is 10.2 Å². The molecule has 0 heterocycles. The van der Waals surface area contributed by atoms with Crippen molar-refractivity contribution in [3.8, 4) is 11.5 Å². The molecular weight excluding hydrogens is 344 g/mol. The molecule has 0 unspecified atom stereocenters. The molecule has 0 aromatic heterocycles. The first-order valence-corrected chi connectivity index (χ1v) is 10.7. The highest BCUT2D eigenvalue weighted by Gasteiger charge is 2.27. The molecule has 1 aromatic carbocycles. The summed E-state index contributed by atoms with van der Waals surface area (Å²) in [6, 6.07) is 4.69. The molecule has 154 valence electrons. The second-order valence-corrected chi connectivity index (χ2v) is 9.15. The topological polar surface area (TPSA) is 40.5 Å². The van der Waals surface area contributed by atoms with E-state index >= 15 is 0 Å². The molecule has 2 heteroatoms. The van der Waals surface area contributed by atoms with E-state index in [1.54, 1.807) is 23.3 Å². The van der Waals surface area contributed by atoms with Crippen LogP contribution in [0.5, 0.6) is 11.5 Å². The fraction of sp³-hybridized carbons (Fsp3) is 0.538. The lowest BCUT2D eigenvalue weighted by Crippen LogP contribution is -2.20. The van der Waals surface area contributed by atoms with Gasteiger partial charge in [0, 0.05) is 5.56 Å². The molecule has 2 nitrogen and oxygen atoms in total. The van der Waals surface area contributed by atoms with Gasteiger partial charge in [-0.2, -0.15) is 0 Å². The van der Waals surface area contributed by atoms with E-state index < -0.39 is 0 Å². The number of hydrogen-bond acceptors (Lipinski definition) is 2. The Morgan fingerprint density at radius 1 is 1.07 bits per heavy atom. The number of rotatable bonds is 8. The summed E-state index contributed by atoms with van der Waals surface area (Å²) in [6.45, 7) is 11.5. The maximum atomic E-state index is 9.87. The van der Waals surface area contributed by atoms with E-state index in [-0.39, 0.29) is 11.5 Å². The average Bonchev–Trinajstić information content (AvgIpc) is 2.61. The molecule has 1 aliphatic rings. The minimum absolute atomic E-state index is 0.198. The standard InChI is InChI=1S/C26H38O2/c1-19(11-13-22-18-23(27)14-16-25(22)28)8-6-9-20(2)12-15-24-21(3)10-7-17-26(24,4)5/h9,11,14,16,18,27-28H,6-8,10,12-13,15,17H2,1-5H3/b19-11+,20-9-. The molecule has 28 heavy (non-hydrogen) atoms. The Labute approximate surface area is 171 Å². The highest BCUT2D eigenvalue weighted by molar-refractivity contribution is 5.39. The molecule has 0 saturated heterocycles. The summed E-state index contributed by atoms with van der Waals surface area (Å²) < 4.78 is 0. The third kappa shape index (κ3) is 6.58. The van der Waals surface area contributed by atoms with Crippen molar-refractivity contribution in [2.75, 3.05) is 0 Å². The quantitative estimate of drug-likeness (QED) is 0.358. The molecule has 0 bridgehead atoms. The van der Waals surface area contributed by atoms with Crippen LogP contribution < -0.4 is 0 Å². The van der Waals surface area contributed by atoms with Gasteiger partial charge >= 0.3 is 0 Å². The van der Waals surface area contributed by atoms with E-state index in [4.69, 9.17) is 0 Å². The molecule has 0 amide bonds. The number of hydrogen-bond donors (Lipinski definition) is 2. The molecule has 0 saturated carbocycles. The van der Waals surface area contributed by atoms with Crippen LogP contribution in [0.1, 0.15) is 85.1 Å². The van der Waals surface area contributed by atoms with Crippen LogP contribution in [0.15, 0.2) is 52.6 Å². The summed E-state index contributed by atoms with van der Waals surface area (Å²) in [7, 11) is 0. The van der Waals surface area contributed by atoms with Gasteiger partial charge in [-0.1, -0.05) is 48.3 Å². The number of phenols is 2. The lowest BCUT2D eigenvalue weighted by Gasteiger charge is -2.35. The highest BCUT2D eigenvalue weighted by Crippen LogP contribution is 2.42. The molecule has 0 aliphatic heterocycles. The molecule has 2 N–H and O–H groups in total. The fourth-order valence-electron chi connectivity index (χ4n) is 4.32. The van der Waals surface area contributed by atoms with Gasteiger partial charge in [0.2, 0.25) is 0 Å². The predicted octanol–water partition coefficient (Wildman–Crippen LogP) is 7.62. The lowest BCUT2D eigenvalue weighted by molar-refractivity contribution is 0.354. The predicted molar refractivity (Wildman–Crippen MR) is 120 cm³/mol. The first-order chi connectivity index (χ1) is 13.2. The van der Waals surface area contributed by atoms with Crippen molar-refractivity contribution < 1.29 is 10.2 Å². The monoisotopic (exact) mass is 382 g/mol. The van der Waals surface area contributed by atoms with Crippen molar-refractivity contribution in [3.63, 3.8) is 0 Å². The molecule has 0 atom stereocenters. The van der Waals surface area contributed by atoms with Crippen molar-refractivity contribution in [3.05, 3.63) is 58.2 Å². The van der Waals surface area contributed by atoms with Crippen LogP contribution in [0.3, 0.4) is 0 Å². The minimum Gasteiger partial charge on any atom is -0.508 e. The Morgan fingerprint density at radius 3 is 2.50 bits per heavy atom. The third-order valence-electron chi connectivity index (χ3n) is 6.22. The van der Waals surface area contributed by atoms with Crippen molar-refractivity contribution in [1.82, 2.24) is 0 Å². The van der Waals surface area contributed by atoms with Crippen LogP contribution in [0, 0.1) is 5.41 Å². The number of allylic oxidation sites excluding steroid dienone is 6. The summed E-state index contributed by atoms with van der Waals surface area (Å²) >= 11 is 0. The molecule has 1 aromatic rings. The summed E-state index contributed by atoms with van der Waals surface area (Å²) in [4.78, 5) is 0. The summed E-state index contributed by atoms with van der Waals surface area (Å²) in [5.41, 5.74) is 7.26. The van der Waals surface area contributed by atoms with Gasteiger partial charge < -0.3 is 10.2 Å². The van der Waals surface area contributed by atoms with Crippen LogP contribution in [-0.4, -0.2) is 10.2 Å². The van der Waals surface area contributed by atoms with Crippen molar-refractivity contribution in [2.45, 2.75) is 86.0 Å². The molecule has 0 radical (unpaired) electrons. The lowest BCUT2D eigenvalue weighted by atomic mass is 9.71. The van der Waals surface area contributed by atoms with Gasteiger partial charge in [-0.25, -0.2) is 0 Å². The Bertz CT molecular complexity index is 763. The van der Waals surface area contributed by atoms with Gasteiger partial charge in [0.05, 0.1) is 0 Å². The average molecular weight is 383 g/mol. The zero-order valence-corrected chi connectivity index (χ0v) is 18.4. The molecule has 2 rings (SSSR count). The van der Waals surface area contributed by atoms with Gasteiger partial charge in [-0.05, 0) is 95.8 Å². The maximum absolute atomic E-state index is 9.87. The second-order valence-electron chi connectivity index (χ2n) is 9.15. The third-order valence-corrected chi connectivity index (χ3v) is 6.22. The number of aromatic hydroxyl groups is 2. The minimum atomic E-state index is 0.198. The van der Waals surface area contributed by atoms with Crippen LogP contribution in [-0.2, 0) is 6.42 Å². The first-order valence-electron chi connectivity index (χ1n) is 10.7. The molecular formula is C26H38O2. The Balaban J connectivity index is 1.82. The van der Waals surface area contributed by atoms with Crippen LogP contribution in [0.25, 0.3) is 0 Å². The van der Waals surface area contributed by atoms with E-state index in [0.29, 0.717) is 11.8 Å². The second kappa shape index (κ2) is 10.0.